The second kappa shape index (κ2) is 16.1. The van der Waals surface area contributed by atoms with E-state index in [1.165, 1.54) is 0 Å². The van der Waals surface area contributed by atoms with Gasteiger partial charge in [0.05, 0.1) is 22.2 Å². The van der Waals surface area contributed by atoms with Crippen LogP contribution >= 0.6 is 11.3 Å². The maximum Gasteiger partial charge on any atom is 0.305 e. The molecule has 2 amide bonds. The highest BCUT2D eigenvalue weighted by molar-refractivity contribution is 7.15. The molecule has 0 saturated carbocycles. The molecule has 1 aromatic carbocycles. The van der Waals surface area contributed by atoms with Gasteiger partial charge < -0.3 is 33.8 Å². The Bertz CT molecular complexity index is 768. The number of aliphatic carboxylic acids is 1. The van der Waals surface area contributed by atoms with Crippen molar-refractivity contribution >= 4 is 29.1 Å². The largest absolute Gasteiger partial charge is 0.481 e. The molecule has 0 bridgehead atoms. The number of carboxylic acid groups (broad SMARTS) is 1. The Morgan fingerprint density at radius 3 is 2.10 bits per heavy atom. The molecule has 0 saturated heterocycles. The van der Waals surface area contributed by atoms with Crippen LogP contribution in [0.25, 0.3) is 0 Å². The lowest BCUT2D eigenvalue weighted by molar-refractivity contribution is -0.137. The highest BCUT2D eigenvalue weighted by Gasteiger charge is 2.20. The van der Waals surface area contributed by atoms with Gasteiger partial charge in [-0.25, -0.2) is 0 Å². The van der Waals surface area contributed by atoms with E-state index in [9.17, 15) is 14.4 Å². The summed E-state index contributed by atoms with van der Waals surface area (Å²) in [6.07, 6.45) is 0.450. The number of carbonyl (C=O) groups is 3. The van der Waals surface area contributed by atoms with Crippen molar-refractivity contribution in [2.24, 2.45) is 5.73 Å². The monoisotopic (exact) mass is 439 g/mol. The highest BCUT2D eigenvalue weighted by Crippen LogP contribution is 2.20. The van der Waals surface area contributed by atoms with Crippen molar-refractivity contribution in [2.75, 3.05) is 13.1 Å². The van der Waals surface area contributed by atoms with Crippen molar-refractivity contribution in [3.8, 4) is 0 Å². The van der Waals surface area contributed by atoms with Gasteiger partial charge in [0.1, 0.15) is 0 Å². The van der Waals surface area contributed by atoms with E-state index >= 15 is 0 Å². The second-order valence-electron chi connectivity index (χ2n) is 5.60. The molecule has 9 nitrogen and oxygen atoms in total. The van der Waals surface area contributed by atoms with Gasteiger partial charge in [-0.3, -0.25) is 14.4 Å². The fourth-order valence-electron chi connectivity index (χ4n) is 2.31. The first-order chi connectivity index (χ1) is 13.5. The Kier molecular flexibility index (Phi) is 15.7. The van der Waals surface area contributed by atoms with E-state index in [0.29, 0.717) is 34.8 Å². The van der Waals surface area contributed by atoms with Crippen LogP contribution in [0.1, 0.15) is 57.6 Å². The van der Waals surface area contributed by atoms with E-state index in [1.54, 1.807) is 36.4 Å². The topological polar surface area (TPSA) is 192 Å². The fraction of sp³-hybridized carbons (Fsp3) is 0.350. The van der Waals surface area contributed by atoms with Crippen molar-refractivity contribution in [2.45, 2.75) is 32.7 Å². The molecule has 0 spiro atoms. The summed E-state index contributed by atoms with van der Waals surface area (Å²) in [6.45, 7) is 4.96. The number of rotatable bonds is 9. The van der Waals surface area contributed by atoms with E-state index in [0.717, 1.165) is 11.3 Å². The van der Waals surface area contributed by atoms with E-state index in [1.807, 2.05) is 19.9 Å². The summed E-state index contributed by atoms with van der Waals surface area (Å²) in [5, 5.41) is 14.6. The average Bonchev–Trinajstić information content (AvgIpc) is 3.20. The maximum absolute atomic E-state index is 12.5. The predicted molar refractivity (Wildman–Crippen MR) is 121 cm³/mol. The number of thiophene rings is 1. The summed E-state index contributed by atoms with van der Waals surface area (Å²) >= 11 is 1.06. The number of amides is 2. The van der Waals surface area contributed by atoms with Crippen LogP contribution in [0.4, 0.5) is 0 Å². The summed E-state index contributed by atoms with van der Waals surface area (Å²) in [5.74, 6) is -1.68. The molecule has 0 radical (unpaired) electrons. The number of hydrogen-bond acceptors (Lipinski definition) is 7. The van der Waals surface area contributed by atoms with Crippen LogP contribution in [0.3, 0.4) is 0 Å². The van der Waals surface area contributed by atoms with Crippen LogP contribution in [0.5, 0.6) is 0 Å². The molecule has 1 atom stereocenters. The summed E-state index contributed by atoms with van der Waals surface area (Å²) in [5.41, 5.74) is 6.09. The summed E-state index contributed by atoms with van der Waals surface area (Å²) < 4.78 is 0. The lowest BCUT2D eigenvalue weighted by Gasteiger charge is -2.16. The molecule has 1 aromatic heterocycles. The standard InChI is InChI=1S/C18H21N3O4S.C2H6.2H3N/c19-9-4-10-20-17(24)14-7-8-15(26-14)18(25)21-13(11-16(22)23)12-5-2-1-3-6-12;1-2;;/h1-3,5-8,13H,4,9-11,19H2,(H,20,24)(H,21,25)(H,22,23);1-2H3;2*1H3. The molecule has 2 rings (SSSR count). The molecule has 0 aliphatic rings. The van der Waals surface area contributed by atoms with Gasteiger partial charge in [-0.05, 0) is 30.7 Å². The van der Waals surface area contributed by atoms with E-state index < -0.39 is 17.9 Å². The molecule has 168 valence electrons. The van der Waals surface area contributed by atoms with Crippen molar-refractivity contribution in [3.63, 3.8) is 0 Å². The second-order valence-corrected chi connectivity index (χ2v) is 6.68. The van der Waals surface area contributed by atoms with Crippen molar-refractivity contribution in [1.29, 1.82) is 0 Å². The number of benzene rings is 1. The van der Waals surface area contributed by atoms with Crippen LogP contribution < -0.4 is 28.7 Å². The number of hydrogen-bond donors (Lipinski definition) is 6. The van der Waals surface area contributed by atoms with Crippen LogP contribution in [0.15, 0.2) is 42.5 Å². The summed E-state index contributed by atoms with van der Waals surface area (Å²) in [4.78, 5) is 36.3. The SMILES string of the molecule is CC.N.N.NCCCNC(=O)c1ccc(C(=O)NC(CC(=O)O)c2ccccc2)s1. The van der Waals surface area contributed by atoms with Gasteiger partial charge in [0, 0.05) is 6.54 Å². The lowest BCUT2D eigenvalue weighted by Crippen LogP contribution is -2.29. The third-order valence-corrected chi connectivity index (χ3v) is 4.69. The Labute approximate surface area is 181 Å². The molecule has 1 unspecified atom stereocenters. The zero-order valence-electron chi connectivity index (χ0n) is 17.5. The van der Waals surface area contributed by atoms with Crippen molar-refractivity contribution in [3.05, 3.63) is 57.8 Å². The number of nitrogens with two attached hydrogens (primary N) is 1. The average molecular weight is 440 g/mol. The summed E-state index contributed by atoms with van der Waals surface area (Å²) in [6, 6.07) is 11.4. The third kappa shape index (κ3) is 9.61. The molecule has 11 N–H and O–H groups in total. The Balaban J connectivity index is 0. The van der Waals surface area contributed by atoms with Crippen LogP contribution in [0, 0.1) is 0 Å². The molecule has 0 fully saturated rings. The Hall–Kier alpha value is -2.79. The molecule has 10 heteroatoms. The Morgan fingerprint density at radius 1 is 1.00 bits per heavy atom. The first-order valence-corrected chi connectivity index (χ1v) is 9.98. The summed E-state index contributed by atoms with van der Waals surface area (Å²) in [7, 11) is 0. The smallest absolute Gasteiger partial charge is 0.305 e. The zero-order chi connectivity index (χ0) is 20.9. The number of carboxylic acids is 1. The Morgan fingerprint density at radius 2 is 1.57 bits per heavy atom. The van der Waals surface area contributed by atoms with Gasteiger partial charge in [0.25, 0.3) is 11.8 Å². The maximum atomic E-state index is 12.5. The fourth-order valence-corrected chi connectivity index (χ4v) is 3.14. The molecular formula is C20H33N5O4S. The van der Waals surface area contributed by atoms with Gasteiger partial charge in [-0.1, -0.05) is 44.2 Å². The minimum atomic E-state index is -1.01. The highest BCUT2D eigenvalue weighted by atomic mass is 32.1. The third-order valence-electron chi connectivity index (χ3n) is 3.61. The zero-order valence-corrected chi connectivity index (χ0v) is 18.3. The molecule has 0 aliphatic heterocycles. The first-order valence-electron chi connectivity index (χ1n) is 9.17. The molecular weight excluding hydrogens is 406 g/mol. The van der Waals surface area contributed by atoms with Gasteiger partial charge in [0.15, 0.2) is 0 Å². The minimum Gasteiger partial charge on any atom is -0.481 e. The predicted octanol–water partition coefficient (Wildman–Crippen LogP) is 3.12. The van der Waals surface area contributed by atoms with E-state index in [-0.39, 0.29) is 24.6 Å². The van der Waals surface area contributed by atoms with E-state index in [2.05, 4.69) is 10.6 Å². The van der Waals surface area contributed by atoms with Gasteiger partial charge in [-0.15, -0.1) is 11.3 Å². The van der Waals surface area contributed by atoms with Gasteiger partial charge >= 0.3 is 5.97 Å². The normalized spacial score (nSPS) is 10.2. The van der Waals surface area contributed by atoms with Crippen molar-refractivity contribution in [1.82, 2.24) is 22.9 Å². The molecule has 30 heavy (non-hydrogen) atoms. The number of nitrogens with one attached hydrogen (secondary N) is 2. The molecule has 1 heterocycles. The minimum absolute atomic E-state index is 0. The first kappa shape index (κ1) is 29.4. The van der Waals surface area contributed by atoms with Gasteiger partial charge in [-0.2, -0.15) is 0 Å². The molecule has 0 aliphatic carbocycles. The van der Waals surface area contributed by atoms with Crippen LogP contribution in [0.2, 0.25) is 0 Å². The van der Waals surface area contributed by atoms with Crippen LogP contribution in [-0.2, 0) is 4.79 Å². The van der Waals surface area contributed by atoms with E-state index in [4.69, 9.17) is 10.8 Å². The lowest BCUT2D eigenvalue weighted by atomic mass is 10.0. The number of carbonyl (C=O) groups excluding carboxylic acids is 2. The quantitative estimate of drug-likeness (QED) is 0.323. The van der Waals surface area contributed by atoms with Gasteiger partial charge in [0.2, 0.25) is 0 Å². The van der Waals surface area contributed by atoms with Crippen LogP contribution in [-0.4, -0.2) is 36.0 Å². The van der Waals surface area contributed by atoms with Crippen molar-refractivity contribution < 1.29 is 19.5 Å². The molecule has 2 aromatic rings.